The Balaban J connectivity index is 1.73. The first-order chi connectivity index (χ1) is 10.6. The highest BCUT2D eigenvalue weighted by atomic mass is 16.5. The monoisotopic (exact) mass is 307 g/mol. The molecule has 0 spiro atoms. The summed E-state index contributed by atoms with van der Waals surface area (Å²) in [4.78, 5) is 2.30. The molecule has 1 aliphatic heterocycles. The zero-order valence-electron chi connectivity index (χ0n) is 14.0. The lowest BCUT2D eigenvalue weighted by Crippen LogP contribution is -2.42. The summed E-state index contributed by atoms with van der Waals surface area (Å²) in [5.74, 6) is 0.900. The molecule has 1 saturated heterocycles. The van der Waals surface area contributed by atoms with Crippen molar-refractivity contribution >= 4 is 0 Å². The molecular weight excluding hydrogens is 278 g/mol. The van der Waals surface area contributed by atoms with Crippen LogP contribution >= 0.6 is 0 Å². The number of aryl methyl sites for hydroxylation is 2. The number of β-amino-alcohol motifs (C(OH)–C–C–N with tert-alkyl or cyclic N) is 1. The zero-order valence-corrected chi connectivity index (χ0v) is 14.0. The first-order valence-corrected chi connectivity index (χ1v) is 8.31. The average molecular weight is 307 g/mol. The molecule has 124 valence electrons. The number of benzene rings is 1. The molecule has 1 aliphatic rings. The predicted octanol–water partition coefficient (Wildman–Crippen LogP) is 2.54. The van der Waals surface area contributed by atoms with E-state index < -0.39 is 6.10 Å². The van der Waals surface area contributed by atoms with E-state index in [1.807, 2.05) is 39.0 Å². The first kappa shape index (κ1) is 17.3. The van der Waals surface area contributed by atoms with Gasteiger partial charge >= 0.3 is 0 Å². The molecule has 0 radical (unpaired) electrons. The van der Waals surface area contributed by atoms with Crippen molar-refractivity contribution in [3.05, 3.63) is 29.3 Å². The van der Waals surface area contributed by atoms with Crippen LogP contribution in [0.25, 0.3) is 0 Å². The largest absolute Gasteiger partial charge is 0.490 e. The highest BCUT2D eigenvalue weighted by Crippen LogP contribution is 2.22. The number of hydrogen-bond donors (Lipinski definition) is 1. The lowest BCUT2D eigenvalue weighted by Gasteiger charge is -2.32. The SMILES string of the molecule is CCOC1CCN(CC(O)COc2c(C)cccc2C)CC1. The van der Waals surface area contributed by atoms with Crippen LogP contribution in [-0.2, 0) is 4.74 Å². The van der Waals surface area contributed by atoms with Crippen molar-refractivity contribution in [2.75, 3.05) is 32.8 Å². The predicted molar refractivity (Wildman–Crippen MR) is 88.5 cm³/mol. The summed E-state index contributed by atoms with van der Waals surface area (Å²) in [6.07, 6.45) is 2.04. The number of para-hydroxylation sites is 1. The van der Waals surface area contributed by atoms with Crippen molar-refractivity contribution in [3.8, 4) is 5.75 Å². The van der Waals surface area contributed by atoms with E-state index in [1.165, 1.54) is 0 Å². The van der Waals surface area contributed by atoms with Crippen molar-refractivity contribution < 1.29 is 14.6 Å². The van der Waals surface area contributed by atoms with E-state index in [0.29, 0.717) is 19.3 Å². The number of nitrogens with zero attached hydrogens (tertiary/aromatic N) is 1. The number of hydrogen-bond acceptors (Lipinski definition) is 4. The van der Waals surface area contributed by atoms with Gasteiger partial charge in [0.1, 0.15) is 18.5 Å². The minimum Gasteiger partial charge on any atom is -0.490 e. The lowest BCUT2D eigenvalue weighted by molar-refractivity contribution is -0.00192. The number of aliphatic hydroxyl groups is 1. The van der Waals surface area contributed by atoms with E-state index in [2.05, 4.69) is 4.90 Å². The minimum atomic E-state index is -0.456. The Hall–Kier alpha value is -1.10. The maximum absolute atomic E-state index is 10.2. The van der Waals surface area contributed by atoms with E-state index in [9.17, 15) is 5.11 Å². The molecule has 1 aromatic carbocycles. The van der Waals surface area contributed by atoms with Crippen LogP contribution in [0.2, 0.25) is 0 Å². The standard InChI is InChI=1S/C18H29NO3/c1-4-21-17-8-10-19(11-9-17)12-16(20)13-22-18-14(2)6-5-7-15(18)3/h5-7,16-17,20H,4,8-13H2,1-3H3. The average Bonchev–Trinajstić information content (AvgIpc) is 2.49. The van der Waals surface area contributed by atoms with Gasteiger partial charge < -0.3 is 19.5 Å². The molecule has 0 amide bonds. The van der Waals surface area contributed by atoms with Gasteiger partial charge in [-0.1, -0.05) is 18.2 Å². The van der Waals surface area contributed by atoms with Crippen LogP contribution in [0.4, 0.5) is 0 Å². The number of ether oxygens (including phenoxy) is 2. The molecule has 4 heteroatoms. The molecular formula is C18H29NO3. The van der Waals surface area contributed by atoms with Crippen molar-refractivity contribution in [1.82, 2.24) is 4.90 Å². The van der Waals surface area contributed by atoms with Gasteiger partial charge in [-0.2, -0.15) is 0 Å². The topological polar surface area (TPSA) is 41.9 Å². The van der Waals surface area contributed by atoms with E-state index in [0.717, 1.165) is 49.4 Å². The Morgan fingerprint density at radius 3 is 2.45 bits per heavy atom. The normalized spacial score (nSPS) is 18.4. The van der Waals surface area contributed by atoms with Gasteiger partial charge in [-0.3, -0.25) is 0 Å². The van der Waals surface area contributed by atoms with Gasteiger partial charge in [0, 0.05) is 26.2 Å². The highest BCUT2D eigenvalue weighted by molar-refractivity contribution is 5.39. The second kappa shape index (κ2) is 8.51. The Morgan fingerprint density at radius 2 is 1.86 bits per heavy atom. The summed E-state index contributed by atoms with van der Waals surface area (Å²) in [6, 6.07) is 6.09. The van der Waals surface area contributed by atoms with E-state index >= 15 is 0 Å². The van der Waals surface area contributed by atoms with Crippen LogP contribution in [0.3, 0.4) is 0 Å². The van der Waals surface area contributed by atoms with Gasteiger partial charge in [-0.25, -0.2) is 0 Å². The highest BCUT2D eigenvalue weighted by Gasteiger charge is 2.21. The first-order valence-electron chi connectivity index (χ1n) is 8.31. The molecule has 0 saturated carbocycles. The number of likely N-dealkylation sites (tertiary alicyclic amines) is 1. The number of rotatable bonds is 7. The molecule has 1 atom stereocenters. The van der Waals surface area contributed by atoms with Gasteiger partial charge in [0.05, 0.1) is 6.10 Å². The molecule has 0 bridgehead atoms. The van der Waals surface area contributed by atoms with Crippen LogP contribution in [-0.4, -0.2) is 55.1 Å². The fraction of sp³-hybridized carbons (Fsp3) is 0.667. The fourth-order valence-electron chi connectivity index (χ4n) is 3.05. The molecule has 1 heterocycles. The zero-order chi connectivity index (χ0) is 15.9. The van der Waals surface area contributed by atoms with Crippen molar-refractivity contribution in [2.24, 2.45) is 0 Å². The summed E-state index contributed by atoms with van der Waals surface area (Å²) in [5.41, 5.74) is 2.23. The van der Waals surface area contributed by atoms with E-state index in [-0.39, 0.29) is 0 Å². The van der Waals surface area contributed by atoms with Gasteiger partial charge in [-0.15, -0.1) is 0 Å². The molecule has 0 aromatic heterocycles. The van der Waals surface area contributed by atoms with Crippen LogP contribution in [0.5, 0.6) is 5.75 Å². The Kier molecular flexibility index (Phi) is 6.68. The summed E-state index contributed by atoms with van der Waals surface area (Å²) in [7, 11) is 0. The van der Waals surface area contributed by atoms with Gasteiger partial charge in [0.25, 0.3) is 0 Å². The second-order valence-electron chi connectivity index (χ2n) is 6.14. The fourth-order valence-corrected chi connectivity index (χ4v) is 3.05. The van der Waals surface area contributed by atoms with Crippen molar-refractivity contribution in [3.63, 3.8) is 0 Å². The molecule has 2 rings (SSSR count). The maximum Gasteiger partial charge on any atom is 0.125 e. The number of aliphatic hydroxyl groups excluding tert-OH is 1. The third kappa shape index (κ3) is 4.97. The van der Waals surface area contributed by atoms with Gasteiger partial charge in [0.15, 0.2) is 0 Å². The molecule has 1 unspecified atom stereocenters. The van der Waals surface area contributed by atoms with Gasteiger partial charge in [0.2, 0.25) is 0 Å². The van der Waals surface area contributed by atoms with Crippen molar-refractivity contribution in [1.29, 1.82) is 0 Å². The summed E-state index contributed by atoms with van der Waals surface area (Å²) < 4.78 is 11.5. The summed E-state index contributed by atoms with van der Waals surface area (Å²) >= 11 is 0. The third-order valence-electron chi connectivity index (χ3n) is 4.23. The van der Waals surface area contributed by atoms with E-state index in [4.69, 9.17) is 9.47 Å². The Morgan fingerprint density at radius 1 is 1.23 bits per heavy atom. The molecule has 4 nitrogen and oxygen atoms in total. The smallest absolute Gasteiger partial charge is 0.125 e. The second-order valence-corrected chi connectivity index (χ2v) is 6.14. The summed E-state index contributed by atoms with van der Waals surface area (Å²) in [6.45, 7) is 9.90. The molecule has 1 aromatic rings. The lowest BCUT2D eigenvalue weighted by atomic mass is 10.1. The van der Waals surface area contributed by atoms with Crippen LogP contribution in [0, 0.1) is 13.8 Å². The maximum atomic E-state index is 10.2. The van der Waals surface area contributed by atoms with Crippen LogP contribution in [0.15, 0.2) is 18.2 Å². The molecule has 1 N–H and O–H groups in total. The molecule has 0 aliphatic carbocycles. The van der Waals surface area contributed by atoms with Crippen LogP contribution < -0.4 is 4.74 Å². The summed E-state index contributed by atoms with van der Waals surface area (Å²) in [5, 5.41) is 10.2. The van der Waals surface area contributed by atoms with Crippen LogP contribution in [0.1, 0.15) is 30.9 Å². The quantitative estimate of drug-likeness (QED) is 0.840. The molecule has 1 fully saturated rings. The number of piperidine rings is 1. The Labute approximate surface area is 134 Å². The third-order valence-corrected chi connectivity index (χ3v) is 4.23. The minimum absolute atomic E-state index is 0.344. The van der Waals surface area contributed by atoms with Crippen molar-refractivity contribution in [2.45, 2.75) is 45.8 Å². The molecule has 22 heavy (non-hydrogen) atoms. The van der Waals surface area contributed by atoms with Gasteiger partial charge in [-0.05, 0) is 44.7 Å². The Bertz CT molecular complexity index is 435. The van der Waals surface area contributed by atoms with E-state index in [1.54, 1.807) is 0 Å².